The zero-order chi connectivity index (χ0) is 14.5. The van der Waals surface area contributed by atoms with Gasteiger partial charge in [0.05, 0.1) is 24.6 Å². The Kier molecular flexibility index (Phi) is 3.72. The number of aromatic nitrogens is 5. The van der Waals surface area contributed by atoms with Gasteiger partial charge in [-0.15, -0.1) is 5.10 Å². The summed E-state index contributed by atoms with van der Waals surface area (Å²) in [6, 6.07) is 7.48. The summed E-state index contributed by atoms with van der Waals surface area (Å²) >= 11 is 0. The highest BCUT2D eigenvalue weighted by atomic mass is 16.1. The fraction of sp³-hybridized carbons (Fsp3) is 0.143. The number of hydrogen-bond donors (Lipinski definition) is 1. The van der Waals surface area contributed by atoms with Crippen LogP contribution in [0, 0.1) is 0 Å². The van der Waals surface area contributed by atoms with Crippen molar-refractivity contribution in [3.63, 3.8) is 0 Å². The lowest BCUT2D eigenvalue weighted by Gasteiger charge is -2.03. The summed E-state index contributed by atoms with van der Waals surface area (Å²) in [6.45, 7) is 0.643. The van der Waals surface area contributed by atoms with Crippen molar-refractivity contribution in [1.82, 2.24) is 29.9 Å². The Labute approximate surface area is 121 Å². The molecule has 3 heterocycles. The average molecular weight is 282 g/mol. The van der Waals surface area contributed by atoms with Crippen molar-refractivity contribution in [3.8, 4) is 5.69 Å². The van der Waals surface area contributed by atoms with E-state index in [1.165, 1.54) is 0 Å². The van der Waals surface area contributed by atoms with E-state index in [1.807, 2.05) is 41.2 Å². The minimum Gasteiger partial charge on any atom is -0.349 e. The third-order valence-corrected chi connectivity index (χ3v) is 2.91. The third-order valence-electron chi connectivity index (χ3n) is 2.91. The number of nitrogens with one attached hydrogen (secondary N) is 1. The van der Waals surface area contributed by atoms with Crippen LogP contribution in [0.4, 0.5) is 0 Å². The topological polar surface area (TPSA) is 77.6 Å². The molecule has 1 amide bonds. The standard InChI is InChI=1S/C14H14N6O/c21-14(11-19-6-1-2-7-19)16-8-12-10-20(18-17-12)13-4-3-5-15-9-13/h1-7,9-10H,8,11H2,(H,16,21). The molecule has 3 aromatic rings. The average Bonchev–Trinajstić information content (AvgIpc) is 3.17. The number of hydrogen-bond acceptors (Lipinski definition) is 4. The minimum atomic E-state index is -0.0675. The Morgan fingerprint density at radius 1 is 1.24 bits per heavy atom. The zero-order valence-corrected chi connectivity index (χ0v) is 11.3. The van der Waals surface area contributed by atoms with Gasteiger partial charge in [-0.1, -0.05) is 5.21 Å². The summed E-state index contributed by atoms with van der Waals surface area (Å²) in [5.41, 5.74) is 1.52. The van der Waals surface area contributed by atoms with E-state index in [9.17, 15) is 4.79 Å². The Morgan fingerprint density at radius 3 is 2.86 bits per heavy atom. The summed E-state index contributed by atoms with van der Waals surface area (Å²) in [5, 5.41) is 10.8. The first-order valence-electron chi connectivity index (χ1n) is 6.50. The van der Waals surface area contributed by atoms with Crippen LogP contribution >= 0.6 is 0 Å². The van der Waals surface area contributed by atoms with Crippen molar-refractivity contribution < 1.29 is 4.79 Å². The number of rotatable bonds is 5. The van der Waals surface area contributed by atoms with E-state index in [0.717, 1.165) is 5.69 Å². The SMILES string of the molecule is O=C(Cn1cccc1)NCc1cn(-c2cccnc2)nn1. The molecule has 7 nitrogen and oxygen atoms in total. The maximum absolute atomic E-state index is 11.8. The predicted molar refractivity (Wildman–Crippen MR) is 75.4 cm³/mol. The molecule has 0 spiro atoms. The van der Waals surface area contributed by atoms with Crippen LogP contribution in [0.25, 0.3) is 5.69 Å². The van der Waals surface area contributed by atoms with Gasteiger partial charge in [-0.05, 0) is 24.3 Å². The zero-order valence-electron chi connectivity index (χ0n) is 11.3. The molecule has 0 unspecified atom stereocenters. The summed E-state index contributed by atoms with van der Waals surface area (Å²) in [5.74, 6) is -0.0675. The fourth-order valence-electron chi connectivity index (χ4n) is 1.88. The molecule has 7 heteroatoms. The van der Waals surface area contributed by atoms with Crippen LogP contribution < -0.4 is 5.32 Å². The molecule has 0 atom stereocenters. The van der Waals surface area contributed by atoms with E-state index < -0.39 is 0 Å². The van der Waals surface area contributed by atoms with Crippen molar-refractivity contribution >= 4 is 5.91 Å². The first-order valence-corrected chi connectivity index (χ1v) is 6.50. The number of carbonyl (C=O) groups is 1. The van der Waals surface area contributed by atoms with E-state index in [0.29, 0.717) is 18.8 Å². The van der Waals surface area contributed by atoms with Gasteiger partial charge in [0.25, 0.3) is 0 Å². The highest BCUT2D eigenvalue weighted by molar-refractivity contribution is 5.75. The lowest BCUT2D eigenvalue weighted by Crippen LogP contribution is -2.26. The Bertz CT molecular complexity index is 704. The maximum atomic E-state index is 11.8. The van der Waals surface area contributed by atoms with Gasteiger partial charge in [-0.3, -0.25) is 9.78 Å². The van der Waals surface area contributed by atoms with Crippen molar-refractivity contribution in [2.75, 3.05) is 0 Å². The van der Waals surface area contributed by atoms with Crippen LogP contribution in [0.3, 0.4) is 0 Å². The molecule has 3 aromatic heterocycles. The maximum Gasteiger partial charge on any atom is 0.240 e. The first kappa shape index (κ1) is 13.0. The molecule has 0 saturated carbocycles. The van der Waals surface area contributed by atoms with E-state index in [-0.39, 0.29) is 5.91 Å². The Balaban J connectivity index is 1.56. The van der Waals surface area contributed by atoms with Gasteiger partial charge < -0.3 is 9.88 Å². The number of pyridine rings is 1. The van der Waals surface area contributed by atoms with Gasteiger partial charge in [0.2, 0.25) is 5.91 Å². The lowest BCUT2D eigenvalue weighted by atomic mass is 10.4. The number of carbonyl (C=O) groups excluding carboxylic acids is 1. The molecular weight excluding hydrogens is 268 g/mol. The molecule has 106 valence electrons. The number of amides is 1. The molecule has 1 N–H and O–H groups in total. The summed E-state index contributed by atoms with van der Waals surface area (Å²) in [6.07, 6.45) is 8.86. The quantitative estimate of drug-likeness (QED) is 0.750. The Hall–Kier alpha value is -2.96. The second-order valence-corrected chi connectivity index (χ2v) is 4.50. The smallest absolute Gasteiger partial charge is 0.240 e. The second kappa shape index (κ2) is 6.00. The molecule has 0 bridgehead atoms. The van der Waals surface area contributed by atoms with Crippen LogP contribution in [0.1, 0.15) is 5.69 Å². The normalized spacial score (nSPS) is 10.5. The molecule has 0 aliphatic heterocycles. The molecule has 0 aromatic carbocycles. The summed E-state index contributed by atoms with van der Waals surface area (Å²) in [7, 11) is 0. The van der Waals surface area contributed by atoms with Gasteiger partial charge in [-0.25, -0.2) is 4.68 Å². The van der Waals surface area contributed by atoms with E-state index in [2.05, 4.69) is 20.6 Å². The molecule has 0 aliphatic carbocycles. The van der Waals surface area contributed by atoms with Crippen LogP contribution in [-0.4, -0.2) is 30.5 Å². The van der Waals surface area contributed by atoms with Crippen molar-refractivity contribution in [3.05, 3.63) is 60.9 Å². The molecule has 0 fully saturated rings. The molecule has 21 heavy (non-hydrogen) atoms. The second-order valence-electron chi connectivity index (χ2n) is 4.50. The highest BCUT2D eigenvalue weighted by Crippen LogP contribution is 2.03. The van der Waals surface area contributed by atoms with Crippen LogP contribution in [-0.2, 0) is 17.9 Å². The number of nitrogens with zero attached hydrogens (tertiary/aromatic N) is 5. The van der Waals surface area contributed by atoms with Crippen LogP contribution in [0.2, 0.25) is 0 Å². The lowest BCUT2D eigenvalue weighted by molar-refractivity contribution is -0.121. The third kappa shape index (κ3) is 3.33. The first-order chi connectivity index (χ1) is 10.3. The summed E-state index contributed by atoms with van der Waals surface area (Å²) in [4.78, 5) is 15.8. The van der Waals surface area contributed by atoms with Gasteiger partial charge in [-0.2, -0.15) is 0 Å². The highest BCUT2D eigenvalue weighted by Gasteiger charge is 2.05. The molecule has 0 saturated heterocycles. The van der Waals surface area contributed by atoms with E-state index in [4.69, 9.17) is 0 Å². The minimum absolute atomic E-state index is 0.0675. The van der Waals surface area contributed by atoms with Gasteiger partial charge in [0.1, 0.15) is 12.2 Å². The summed E-state index contributed by atoms with van der Waals surface area (Å²) < 4.78 is 3.43. The van der Waals surface area contributed by atoms with Crippen LogP contribution in [0.5, 0.6) is 0 Å². The monoisotopic (exact) mass is 282 g/mol. The molecule has 0 radical (unpaired) electrons. The largest absolute Gasteiger partial charge is 0.349 e. The fourth-order valence-corrected chi connectivity index (χ4v) is 1.88. The molecular formula is C14H14N6O. The van der Waals surface area contributed by atoms with Crippen LogP contribution in [0.15, 0.2) is 55.2 Å². The molecule has 0 aliphatic rings. The van der Waals surface area contributed by atoms with E-state index in [1.54, 1.807) is 23.3 Å². The van der Waals surface area contributed by atoms with Gasteiger partial charge >= 0.3 is 0 Å². The Morgan fingerprint density at radius 2 is 2.10 bits per heavy atom. The van der Waals surface area contributed by atoms with E-state index >= 15 is 0 Å². The van der Waals surface area contributed by atoms with Crippen molar-refractivity contribution in [1.29, 1.82) is 0 Å². The van der Waals surface area contributed by atoms with Gasteiger partial charge in [0.15, 0.2) is 0 Å². The van der Waals surface area contributed by atoms with Crippen molar-refractivity contribution in [2.24, 2.45) is 0 Å². The van der Waals surface area contributed by atoms with Crippen molar-refractivity contribution in [2.45, 2.75) is 13.1 Å². The van der Waals surface area contributed by atoms with Gasteiger partial charge in [0, 0.05) is 18.6 Å². The predicted octanol–water partition coefficient (Wildman–Crippen LogP) is 0.780. The molecule has 3 rings (SSSR count).